The van der Waals surface area contributed by atoms with E-state index in [1.54, 1.807) is 66.7 Å². The lowest BCUT2D eigenvalue weighted by Crippen LogP contribution is -2.07. The van der Waals surface area contributed by atoms with Gasteiger partial charge in [-0.2, -0.15) is 0 Å². The summed E-state index contributed by atoms with van der Waals surface area (Å²) in [5.74, 6) is 0.434. The fourth-order valence-electron chi connectivity index (χ4n) is 7.94. The molecule has 0 N–H and O–H groups in total. The van der Waals surface area contributed by atoms with E-state index in [1.807, 2.05) is 60.7 Å². The Morgan fingerprint density at radius 3 is 1.19 bits per heavy atom. The molecule has 0 radical (unpaired) electrons. The van der Waals surface area contributed by atoms with Gasteiger partial charge in [0.2, 0.25) is 0 Å². The number of nitrogens with zero attached hydrogens (tertiary/aromatic N) is 8. The average Bonchev–Trinajstić information content (AvgIpc) is 3.93. The summed E-state index contributed by atoms with van der Waals surface area (Å²) < 4.78 is 14.1. The van der Waals surface area contributed by atoms with Gasteiger partial charge in [-0.1, -0.05) is 66.7 Å². The monoisotopic (exact) mass is 917 g/mol. The fourth-order valence-corrected chi connectivity index (χ4v) is 7.94. The molecule has 18 nitrogen and oxygen atoms in total. The Morgan fingerprint density at radius 2 is 0.754 bits per heavy atom. The maximum absolute atomic E-state index is 12.0. The summed E-state index contributed by atoms with van der Waals surface area (Å²) in [5, 5.41) is 63.9. The molecule has 0 bridgehead atoms. The number of benzene rings is 8. The molecule has 8 aromatic carbocycles. The van der Waals surface area contributed by atoms with E-state index in [9.17, 15) is 40.5 Å². The van der Waals surface area contributed by atoms with Gasteiger partial charge in [0.25, 0.3) is 22.7 Å². The van der Waals surface area contributed by atoms with Crippen molar-refractivity contribution in [3.8, 4) is 67.1 Å². The van der Waals surface area contributed by atoms with Crippen LogP contribution in [0.5, 0.6) is 11.5 Å². The Kier molecular flexibility index (Phi) is 12.3. The molecule has 0 aliphatic carbocycles. The summed E-state index contributed by atoms with van der Waals surface area (Å²) in [6.45, 7) is -0.0267. The first-order valence-electron chi connectivity index (χ1n) is 20.9. The van der Waals surface area contributed by atoms with Gasteiger partial charge in [0.05, 0.1) is 36.9 Å². The maximum atomic E-state index is 12.0. The third-order valence-electron chi connectivity index (χ3n) is 11.2. The molecular weight excluding hydrogens is 885 g/mol. The lowest BCUT2D eigenvalue weighted by atomic mass is 9.81. The first-order chi connectivity index (χ1) is 33.5. The minimum atomic E-state index is -0.523. The Labute approximate surface area is 391 Å². The second-order valence-corrected chi connectivity index (χ2v) is 15.4. The Hall–Kier alpha value is -9.97. The van der Waals surface area contributed by atoms with E-state index in [1.165, 1.54) is 48.5 Å². The number of ether oxygens (including phenoxy) is 2. The molecule has 0 fully saturated rings. The van der Waals surface area contributed by atoms with Gasteiger partial charge in [-0.15, -0.1) is 0 Å². The van der Waals surface area contributed by atoms with E-state index in [0.717, 1.165) is 11.1 Å². The van der Waals surface area contributed by atoms with Crippen LogP contribution < -0.4 is 9.47 Å². The minimum Gasteiger partial charge on any atom is -0.488 e. The highest BCUT2D eigenvalue weighted by atomic mass is 16.6. The van der Waals surface area contributed by atoms with Gasteiger partial charge >= 0.3 is 6.17 Å². The van der Waals surface area contributed by atoms with E-state index in [-0.39, 0.29) is 53.6 Å². The van der Waals surface area contributed by atoms with Crippen molar-refractivity contribution in [3.63, 3.8) is 0 Å². The highest BCUT2D eigenvalue weighted by Gasteiger charge is 2.39. The van der Waals surface area contributed by atoms with Gasteiger partial charge < -0.3 is 9.47 Å². The zero-order chi connectivity index (χ0) is 48.0. The van der Waals surface area contributed by atoms with Gasteiger partial charge in [-0.3, -0.25) is 40.5 Å². The third-order valence-corrected chi connectivity index (χ3v) is 11.2. The molecule has 18 heteroatoms. The number of nitro groups is 4. The van der Waals surface area contributed by atoms with Crippen molar-refractivity contribution in [3.05, 3.63) is 239 Å². The summed E-state index contributed by atoms with van der Waals surface area (Å²) in [5.41, 5.74) is 5.55. The molecule has 1 aliphatic rings. The molecule has 0 unspecified atom stereocenters. The van der Waals surface area contributed by atoms with Crippen LogP contribution in [-0.4, -0.2) is 19.7 Å². The van der Waals surface area contributed by atoms with Crippen molar-refractivity contribution in [2.24, 2.45) is 20.7 Å². The van der Waals surface area contributed by atoms with Crippen LogP contribution in [0.4, 0.5) is 22.7 Å². The van der Waals surface area contributed by atoms with Crippen LogP contribution in [0.15, 0.2) is 197 Å². The number of non-ortho nitro benzene ring substituents is 4. The molecule has 1 heterocycles. The summed E-state index contributed by atoms with van der Waals surface area (Å²) in [6, 6.07) is 47.5. The van der Waals surface area contributed by atoms with Gasteiger partial charge in [-0.25, -0.2) is 0 Å². The Bertz CT molecular complexity index is 3300. The van der Waals surface area contributed by atoms with Crippen molar-refractivity contribution >= 4 is 22.7 Å². The summed E-state index contributed by atoms with van der Waals surface area (Å²) in [6.07, 6.45) is 0.0541. The van der Waals surface area contributed by atoms with Crippen LogP contribution in [0.2, 0.25) is 0 Å². The smallest absolute Gasteiger partial charge is 0.314 e. The topological polar surface area (TPSA) is 240 Å². The average molecular weight is 918 g/mol. The van der Waals surface area contributed by atoms with Crippen LogP contribution in [0.25, 0.3) is 55.6 Å². The molecule has 0 amide bonds. The number of hydrogen-bond acceptors (Lipinski definition) is 14. The highest BCUT2D eigenvalue weighted by molar-refractivity contribution is 6.04. The largest absolute Gasteiger partial charge is 0.488 e. The number of hydrogen-bond donors (Lipinski definition) is 0. The SMILES string of the molecule is O=[N+]([O-])c1ccc(-c2ccc(-c3ccc([N+](=O)[O-])cc3)c(-c3c(-c4ccc([N+](=O)[O-])cc4)cc([C+]4N=NN=N4)c(-c4ccc([N+](=O)[O-])cc4)c3OCc3ccccc3)c2OCc2ccccc2)cc1. The lowest BCUT2D eigenvalue weighted by Gasteiger charge is -2.24. The van der Waals surface area contributed by atoms with E-state index in [4.69, 9.17) is 9.47 Å². The molecule has 0 spiro atoms. The predicted molar refractivity (Wildman–Crippen MR) is 254 cm³/mol. The molecule has 69 heavy (non-hydrogen) atoms. The molecule has 9 rings (SSSR count). The van der Waals surface area contributed by atoms with Crippen molar-refractivity contribution < 1.29 is 29.2 Å². The molecule has 0 saturated heterocycles. The molecule has 1 aliphatic heterocycles. The summed E-state index contributed by atoms with van der Waals surface area (Å²) >= 11 is 0. The maximum Gasteiger partial charge on any atom is 0.314 e. The van der Waals surface area contributed by atoms with Crippen molar-refractivity contribution in [2.75, 3.05) is 0 Å². The van der Waals surface area contributed by atoms with Crippen LogP contribution in [-0.2, 0) is 13.2 Å². The van der Waals surface area contributed by atoms with Crippen LogP contribution in [0.3, 0.4) is 0 Å². The van der Waals surface area contributed by atoms with Crippen LogP contribution in [0, 0.1) is 46.6 Å². The van der Waals surface area contributed by atoms with Crippen molar-refractivity contribution in [1.29, 1.82) is 0 Å². The van der Waals surface area contributed by atoms with E-state index in [0.29, 0.717) is 61.2 Å². The number of rotatable bonds is 16. The molecule has 8 aromatic rings. The molecule has 0 atom stereocenters. The van der Waals surface area contributed by atoms with Crippen LogP contribution >= 0.6 is 0 Å². The molecular formula is C51H33N8O10+. The van der Waals surface area contributed by atoms with Gasteiger partial charge in [0.15, 0.2) is 11.3 Å². The third kappa shape index (κ3) is 9.29. The Morgan fingerprint density at radius 1 is 0.391 bits per heavy atom. The first kappa shape index (κ1) is 44.2. The fraction of sp³-hybridized carbons (Fsp3) is 0.0392. The predicted octanol–water partition coefficient (Wildman–Crippen LogP) is 13.5. The molecule has 0 aromatic heterocycles. The zero-order valence-corrected chi connectivity index (χ0v) is 35.8. The molecule has 0 saturated carbocycles. The van der Waals surface area contributed by atoms with Crippen LogP contribution in [0.1, 0.15) is 16.7 Å². The van der Waals surface area contributed by atoms with Gasteiger partial charge in [-0.05, 0) is 109 Å². The second-order valence-electron chi connectivity index (χ2n) is 15.4. The first-order valence-corrected chi connectivity index (χ1v) is 20.9. The highest BCUT2D eigenvalue weighted by Crippen LogP contribution is 2.56. The minimum absolute atomic E-state index is 0.0105. The second kappa shape index (κ2) is 19.2. The zero-order valence-electron chi connectivity index (χ0n) is 35.8. The molecule has 336 valence electrons. The van der Waals surface area contributed by atoms with E-state index >= 15 is 0 Å². The van der Waals surface area contributed by atoms with Gasteiger partial charge in [0.1, 0.15) is 24.5 Å². The quantitative estimate of drug-likeness (QED) is 0.0504. The summed E-state index contributed by atoms with van der Waals surface area (Å²) in [7, 11) is 0. The Balaban J connectivity index is 1.47. The standard InChI is InChI=1S/C51H33N8O10/c60-56(61)38-19-11-34(12-20-38)42-27-28-43(35-13-21-39(22-14-35)57(62)63)49(68-30-32-7-3-1-4-8-32)47(42)48-44(36-15-23-40(24-16-36)58(64)65)29-45(51-52-54-55-53-51)46(37-17-25-41(26-18-37)59(66)67)50(48)69-31-33-9-5-2-6-10-33/h1-29H,30-31H2/q+1. The summed E-state index contributed by atoms with van der Waals surface area (Å²) in [4.78, 5) is 45.8. The number of nitro benzene ring substituents is 4. The van der Waals surface area contributed by atoms with Crippen molar-refractivity contribution in [2.45, 2.75) is 13.2 Å². The lowest BCUT2D eigenvalue weighted by molar-refractivity contribution is -0.385. The van der Waals surface area contributed by atoms with E-state index in [2.05, 4.69) is 20.7 Å². The van der Waals surface area contributed by atoms with Gasteiger partial charge in [0, 0.05) is 65.2 Å². The van der Waals surface area contributed by atoms with Crippen molar-refractivity contribution in [1.82, 2.24) is 0 Å². The normalized spacial score (nSPS) is 11.6. The van der Waals surface area contributed by atoms with E-state index < -0.39 is 19.7 Å².